The van der Waals surface area contributed by atoms with Crippen molar-refractivity contribution in [2.75, 3.05) is 5.32 Å². The van der Waals surface area contributed by atoms with Crippen molar-refractivity contribution >= 4 is 34.4 Å². The molecule has 0 saturated heterocycles. The zero-order valence-electron chi connectivity index (χ0n) is 15.9. The average molecular weight is 437 g/mol. The van der Waals surface area contributed by atoms with Gasteiger partial charge in [0.1, 0.15) is 5.82 Å². The number of urea groups is 1. The number of hydrogen-bond donors (Lipinski definition) is 3. The number of imidazole rings is 1. The van der Waals surface area contributed by atoms with Crippen LogP contribution in [0.2, 0.25) is 5.02 Å². The summed E-state index contributed by atoms with van der Waals surface area (Å²) in [5.41, 5.74) is 0.936. The predicted molar refractivity (Wildman–Crippen MR) is 110 cm³/mol. The molecule has 3 aromatic rings. The van der Waals surface area contributed by atoms with Crippen molar-refractivity contribution < 1.29 is 18.0 Å². The van der Waals surface area contributed by atoms with Gasteiger partial charge in [-0.2, -0.15) is 13.2 Å². The second-order valence-corrected chi connectivity index (χ2v) is 7.90. The Hall–Kier alpha value is -2.74. The molecule has 2 aromatic carbocycles. The minimum Gasteiger partial charge on any atom is -0.342 e. The fraction of sp³-hybridized carbons (Fsp3) is 0.333. The molecular formula is C21H20ClF3N4O. The molecule has 3 N–H and O–H groups in total. The highest BCUT2D eigenvalue weighted by Crippen LogP contribution is 2.36. The molecule has 1 aliphatic carbocycles. The molecule has 1 saturated carbocycles. The molecule has 9 heteroatoms. The van der Waals surface area contributed by atoms with Crippen molar-refractivity contribution in [1.82, 2.24) is 15.3 Å². The molecule has 1 aromatic heterocycles. The van der Waals surface area contributed by atoms with Crippen molar-refractivity contribution in [3.05, 3.63) is 58.9 Å². The van der Waals surface area contributed by atoms with E-state index in [-0.39, 0.29) is 17.6 Å². The minimum absolute atomic E-state index is 0.0360. The number of hydrogen-bond acceptors (Lipinski definition) is 2. The van der Waals surface area contributed by atoms with E-state index in [1.54, 1.807) is 0 Å². The van der Waals surface area contributed by atoms with Crippen molar-refractivity contribution in [1.29, 1.82) is 0 Å². The second-order valence-electron chi connectivity index (χ2n) is 7.49. The zero-order chi connectivity index (χ0) is 21.3. The smallest absolute Gasteiger partial charge is 0.342 e. The fourth-order valence-corrected chi connectivity index (χ4v) is 4.13. The third-order valence-electron chi connectivity index (χ3n) is 5.33. The van der Waals surface area contributed by atoms with E-state index in [9.17, 15) is 18.0 Å². The van der Waals surface area contributed by atoms with Crippen LogP contribution in [-0.2, 0) is 6.18 Å². The number of nitrogens with one attached hydrogen (secondary N) is 3. The van der Waals surface area contributed by atoms with Gasteiger partial charge in [-0.3, -0.25) is 0 Å². The van der Waals surface area contributed by atoms with Crippen LogP contribution in [0.25, 0.3) is 11.0 Å². The molecule has 0 radical (unpaired) electrons. The highest BCUT2D eigenvalue weighted by atomic mass is 35.5. The maximum atomic E-state index is 13.0. The van der Waals surface area contributed by atoms with E-state index in [4.69, 9.17) is 11.6 Å². The first-order chi connectivity index (χ1) is 14.3. The number of amides is 2. The number of aromatic nitrogens is 2. The Morgan fingerprint density at radius 2 is 1.97 bits per heavy atom. The summed E-state index contributed by atoms with van der Waals surface area (Å²) in [5.74, 6) is 1.08. The zero-order valence-corrected chi connectivity index (χ0v) is 16.6. The third-order valence-corrected chi connectivity index (χ3v) is 5.66. The molecule has 0 spiro atoms. The third kappa shape index (κ3) is 4.53. The quantitative estimate of drug-likeness (QED) is 0.465. The highest BCUT2D eigenvalue weighted by molar-refractivity contribution is 6.31. The Bertz CT molecular complexity index is 1030. The Morgan fingerprint density at radius 3 is 2.73 bits per heavy atom. The van der Waals surface area contributed by atoms with Crippen LogP contribution in [0.5, 0.6) is 0 Å². The number of anilines is 1. The van der Waals surface area contributed by atoms with Gasteiger partial charge >= 0.3 is 12.2 Å². The number of rotatable bonds is 3. The van der Waals surface area contributed by atoms with Crippen LogP contribution in [0.3, 0.4) is 0 Å². The fourth-order valence-electron chi connectivity index (χ4n) is 3.91. The minimum atomic E-state index is -4.59. The number of fused-ring (bicyclic) bond motifs is 1. The summed E-state index contributed by atoms with van der Waals surface area (Å²) >= 11 is 5.62. The lowest BCUT2D eigenvalue weighted by molar-refractivity contribution is -0.137. The monoisotopic (exact) mass is 436 g/mol. The molecule has 1 fully saturated rings. The summed E-state index contributed by atoms with van der Waals surface area (Å²) in [7, 11) is 0. The molecule has 1 aliphatic rings. The van der Waals surface area contributed by atoms with Crippen LogP contribution in [0.4, 0.5) is 23.7 Å². The van der Waals surface area contributed by atoms with Gasteiger partial charge in [0.2, 0.25) is 0 Å². The normalized spacial score (nSPS) is 19.6. The summed E-state index contributed by atoms with van der Waals surface area (Å²) in [6.45, 7) is 0. The number of halogens is 4. The molecule has 5 nitrogen and oxygen atoms in total. The maximum Gasteiger partial charge on any atom is 0.417 e. The average Bonchev–Trinajstić information content (AvgIpc) is 3.13. The number of benzene rings is 2. The van der Waals surface area contributed by atoms with Gasteiger partial charge in [0.05, 0.1) is 21.6 Å². The number of para-hydroxylation sites is 2. The van der Waals surface area contributed by atoms with Crippen LogP contribution in [0, 0.1) is 0 Å². The van der Waals surface area contributed by atoms with Crippen LogP contribution in [-0.4, -0.2) is 22.0 Å². The van der Waals surface area contributed by atoms with Crippen molar-refractivity contribution in [2.45, 2.75) is 43.8 Å². The molecule has 158 valence electrons. The molecule has 1 unspecified atom stereocenters. The highest BCUT2D eigenvalue weighted by Gasteiger charge is 2.33. The molecule has 2 amide bonds. The van der Waals surface area contributed by atoms with E-state index in [1.807, 2.05) is 24.3 Å². The molecule has 30 heavy (non-hydrogen) atoms. The Kier molecular flexibility index (Phi) is 5.60. The van der Waals surface area contributed by atoms with Crippen LogP contribution in [0.1, 0.15) is 43.0 Å². The van der Waals surface area contributed by atoms with E-state index < -0.39 is 22.8 Å². The Balaban J connectivity index is 1.40. The molecule has 0 bridgehead atoms. The largest absolute Gasteiger partial charge is 0.417 e. The van der Waals surface area contributed by atoms with Crippen molar-refractivity contribution in [3.63, 3.8) is 0 Å². The summed E-state index contributed by atoms with van der Waals surface area (Å²) in [6.07, 6.45) is -1.19. The summed E-state index contributed by atoms with van der Waals surface area (Å²) in [5, 5.41) is 4.93. The molecule has 0 aliphatic heterocycles. The van der Waals surface area contributed by atoms with E-state index in [1.165, 1.54) is 6.07 Å². The van der Waals surface area contributed by atoms with Gasteiger partial charge in [-0.05, 0) is 49.6 Å². The maximum absolute atomic E-state index is 13.0. The van der Waals surface area contributed by atoms with Crippen molar-refractivity contribution in [3.8, 4) is 0 Å². The van der Waals surface area contributed by atoms with Gasteiger partial charge in [-0.25, -0.2) is 9.78 Å². The number of carbonyl (C=O) groups is 1. The lowest BCUT2D eigenvalue weighted by atomic mass is 9.85. The van der Waals surface area contributed by atoms with Gasteiger partial charge < -0.3 is 15.6 Å². The molecule has 1 heterocycles. The predicted octanol–water partition coefficient (Wildman–Crippen LogP) is 6.08. The number of alkyl halides is 3. The van der Waals surface area contributed by atoms with Gasteiger partial charge in [-0.15, -0.1) is 0 Å². The first kappa shape index (κ1) is 20.5. The van der Waals surface area contributed by atoms with Crippen molar-refractivity contribution in [2.24, 2.45) is 0 Å². The first-order valence-electron chi connectivity index (χ1n) is 9.68. The van der Waals surface area contributed by atoms with Gasteiger partial charge in [0.15, 0.2) is 0 Å². The van der Waals surface area contributed by atoms with E-state index in [2.05, 4.69) is 20.6 Å². The number of carbonyl (C=O) groups excluding carboxylic acids is 1. The topological polar surface area (TPSA) is 69.8 Å². The summed E-state index contributed by atoms with van der Waals surface area (Å²) in [6, 6.07) is 10.5. The number of nitrogens with zero attached hydrogens (tertiary/aromatic N) is 1. The molecular weight excluding hydrogens is 417 g/mol. The Labute approximate surface area is 176 Å². The van der Waals surface area contributed by atoms with Crippen LogP contribution in [0.15, 0.2) is 42.5 Å². The van der Waals surface area contributed by atoms with Gasteiger partial charge in [-0.1, -0.05) is 30.2 Å². The molecule has 4 rings (SSSR count). The Morgan fingerprint density at radius 1 is 1.17 bits per heavy atom. The molecule has 2 atom stereocenters. The SMILES string of the molecule is O=C(Nc1ccc(Cl)c(C(F)(F)F)c1)N[C@@H]1CCCC(c2nc3ccccc3[nH]2)C1. The van der Waals surface area contributed by atoms with Crippen LogP contribution < -0.4 is 10.6 Å². The lowest BCUT2D eigenvalue weighted by Crippen LogP contribution is -2.40. The van der Waals surface area contributed by atoms with Crippen LogP contribution >= 0.6 is 11.6 Å². The van der Waals surface area contributed by atoms with E-state index in [0.29, 0.717) is 6.42 Å². The number of aromatic amines is 1. The second kappa shape index (κ2) is 8.18. The lowest BCUT2D eigenvalue weighted by Gasteiger charge is -2.28. The summed E-state index contributed by atoms with van der Waals surface area (Å²) in [4.78, 5) is 20.4. The van der Waals surface area contributed by atoms with E-state index >= 15 is 0 Å². The van der Waals surface area contributed by atoms with Gasteiger partial charge in [0, 0.05) is 17.6 Å². The van der Waals surface area contributed by atoms with Gasteiger partial charge in [0.25, 0.3) is 0 Å². The number of H-pyrrole nitrogens is 1. The van der Waals surface area contributed by atoms with E-state index in [0.717, 1.165) is 48.3 Å². The first-order valence-corrected chi connectivity index (χ1v) is 10.1. The summed E-state index contributed by atoms with van der Waals surface area (Å²) < 4.78 is 39.0. The standard InChI is InChI=1S/C21H20ClF3N4O/c22-16-9-8-14(11-15(16)21(23,24)25)27-20(30)26-13-5-3-4-12(10-13)19-28-17-6-1-2-7-18(17)29-19/h1-2,6-9,11-13H,3-5,10H2,(H,28,29)(H2,26,27,30)/t12?,13-/m1/s1.